The van der Waals surface area contributed by atoms with Gasteiger partial charge in [0.05, 0.1) is 5.69 Å². The molecule has 1 rings (SSSR count). The second-order valence-electron chi connectivity index (χ2n) is 4.80. The van der Waals surface area contributed by atoms with Crippen molar-refractivity contribution < 1.29 is 0 Å². The lowest BCUT2D eigenvalue weighted by Gasteiger charge is -2.15. The summed E-state index contributed by atoms with van der Waals surface area (Å²) in [5.74, 6) is 0.704. The van der Waals surface area contributed by atoms with Crippen molar-refractivity contribution in [2.75, 3.05) is 13.1 Å². The molecule has 0 aromatic carbocycles. The molecule has 17 heavy (non-hydrogen) atoms. The van der Waals surface area contributed by atoms with Crippen LogP contribution >= 0.6 is 15.9 Å². The minimum Gasteiger partial charge on any atom is -0.315 e. The molecule has 1 unspecified atom stereocenters. The molecule has 1 aromatic heterocycles. The number of pyridine rings is 1. The molecule has 0 fully saturated rings. The fourth-order valence-electron chi connectivity index (χ4n) is 1.45. The Hall–Kier alpha value is -0.450. The predicted molar refractivity (Wildman–Crippen MR) is 75.9 cm³/mol. The van der Waals surface area contributed by atoms with Crippen LogP contribution in [0, 0.1) is 5.92 Å². The molecule has 1 heterocycles. The molecule has 1 aromatic rings. The topological polar surface area (TPSA) is 37.0 Å². The molecule has 0 bridgehead atoms. The number of hydrogen-bond donors (Lipinski definition) is 2. The minimum atomic E-state index is 0.458. The molecular formula is C13H22BrN3. The number of hydrogen-bond acceptors (Lipinski definition) is 3. The number of aromatic nitrogens is 1. The SMILES string of the molecule is CC(C)CNCC(C)NCc1ccc(Br)cn1. The zero-order valence-electron chi connectivity index (χ0n) is 10.8. The molecule has 0 aliphatic rings. The predicted octanol–water partition coefficient (Wildman–Crippen LogP) is 2.57. The number of nitrogens with one attached hydrogen (secondary N) is 2. The molecule has 0 amide bonds. The lowest BCUT2D eigenvalue weighted by atomic mass is 10.2. The monoisotopic (exact) mass is 299 g/mol. The summed E-state index contributed by atoms with van der Waals surface area (Å²) in [4.78, 5) is 4.33. The highest BCUT2D eigenvalue weighted by Gasteiger charge is 2.02. The third kappa shape index (κ3) is 6.76. The van der Waals surface area contributed by atoms with E-state index in [1.54, 1.807) is 0 Å². The Morgan fingerprint density at radius 1 is 1.24 bits per heavy atom. The highest BCUT2D eigenvalue weighted by molar-refractivity contribution is 9.10. The van der Waals surface area contributed by atoms with Gasteiger partial charge in [0.25, 0.3) is 0 Å². The van der Waals surface area contributed by atoms with Gasteiger partial charge in [-0.05, 0) is 47.4 Å². The highest BCUT2D eigenvalue weighted by Crippen LogP contribution is 2.07. The summed E-state index contributed by atoms with van der Waals surface area (Å²) in [5.41, 5.74) is 1.07. The van der Waals surface area contributed by atoms with Gasteiger partial charge in [-0.25, -0.2) is 0 Å². The standard InChI is InChI=1S/C13H22BrN3/c1-10(2)6-15-7-11(3)16-9-13-5-4-12(14)8-17-13/h4-5,8,10-11,15-16H,6-7,9H2,1-3H3. The smallest absolute Gasteiger partial charge is 0.0542 e. The Morgan fingerprint density at radius 3 is 2.59 bits per heavy atom. The normalized spacial score (nSPS) is 13.0. The van der Waals surface area contributed by atoms with Crippen LogP contribution in [0.2, 0.25) is 0 Å². The Kier molecular flexibility index (Phi) is 6.70. The van der Waals surface area contributed by atoms with Crippen LogP contribution in [-0.4, -0.2) is 24.1 Å². The third-order valence-electron chi connectivity index (χ3n) is 2.42. The Morgan fingerprint density at radius 2 is 2.00 bits per heavy atom. The van der Waals surface area contributed by atoms with E-state index in [2.05, 4.69) is 52.3 Å². The van der Waals surface area contributed by atoms with E-state index >= 15 is 0 Å². The summed E-state index contributed by atoms with van der Waals surface area (Å²) in [7, 11) is 0. The van der Waals surface area contributed by atoms with E-state index in [0.29, 0.717) is 12.0 Å². The van der Waals surface area contributed by atoms with Gasteiger partial charge >= 0.3 is 0 Å². The maximum Gasteiger partial charge on any atom is 0.0542 e. The van der Waals surface area contributed by atoms with Crippen LogP contribution in [0.1, 0.15) is 26.5 Å². The lowest BCUT2D eigenvalue weighted by Crippen LogP contribution is -2.37. The summed E-state index contributed by atoms with van der Waals surface area (Å²) in [5, 5.41) is 6.89. The summed E-state index contributed by atoms with van der Waals surface area (Å²) in [6.07, 6.45) is 1.83. The van der Waals surface area contributed by atoms with Crippen molar-refractivity contribution in [2.24, 2.45) is 5.92 Å². The van der Waals surface area contributed by atoms with Crippen LogP contribution < -0.4 is 10.6 Å². The van der Waals surface area contributed by atoms with Gasteiger partial charge in [-0.1, -0.05) is 13.8 Å². The van der Waals surface area contributed by atoms with Crippen LogP contribution in [0.3, 0.4) is 0 Å². The van der Waals surface area contributed by atoms with E-state index < -0.39 is 0 Å². The average Bonchev–Trinajstić information content (AvgIpc) is 2.28. The van der Waals surface area contributed by atoms with Crippen molar-refractivity contribution in [3.8, 4) is 0 Å². The van der Waals surface area contributed by atoms with E-state index in [-0.39, 0.29) is 0 Å². The van der Waals surface area contributed by atoms with Gasteiger partial charge in [0.1, 0.15) is 0 Å². The Bertz CT molecular complexity index is 311. The van der Waals surface area contributed by atoms with Crippen molar-refractivity contribution in [3.05, 3.63) is 28.5 Å². The second-order valence-corrected chi connectivity index (χ2v) is 5.72. The van der Waals surface area contributed by atoms with Crippen LogP contribution in [0.25, 0.3) is 0 Å². The Labute approximate surface area is 113 Å². The van der Waals surface area contributed by atoms with Gasteiger partial charge < -0.3 is 10.6 Å². The van der Waals surface area contributed by atoms with Gasteiger partial charge in [0, 0.05) is 29.8 Å². The first kappa shape index (κ1) is 14.6. The molecule has 4 heteroatoms. The molecule has 0 aliphatic carbocycles. The van der Waals surface area contributed by atoms with E-state index in [0.717, 1.165) is 29.8 Å². The van der Waals surface area contributed by atoms with Gasteiger partial charge in [-0.3, -0.25) is 4.98 Å². The molecule has 2 N–H and O–H groups in total. The molecule has 96 valence electrons. The first-order valence-electron chi connectivity index (χ1n) is 6.12. The van der Waals surface area contributed by atoms with E-state index in [1.807, 2.05) is 18.3 Å². The van der Waals surface area contributed by atoms with Gasteiger partial charge in [-0.15, -0.1) is 0 Å². The molecule has 0 spiro atoms. The van der Waals surface area contributed by atoms with E-state index in [1.165, 1.54) is 0 Å². The lowest BCUT2D eigenvalue weighted by molar-refractivity contribution is 0.470. The van der Waals surface area contributed by atoms with Gasteiger partial charge in [-0.2, -0.15) is 0 Å². The molecule has 0 radical (unpaired) electrons. The fourth-order valence-corrected chi connectivity index (χ4v) is 1.69. The van der Waals surface area contributed by atoms with Gasteiger partial charge in [0.15, 0.2) is 0 Å². The number of rotatable bonds is 7. The first-order chi connectivity index (χ1) is 8.08. The first-order valence-corrected chi connectivity index (χ1v) is 6.91. The van der Waals surface area contributed by atoms with Crippen LogP contribution in [0.15, 0.2) is 22.8 Å². The van der Waals surface area contributed by atoms with Crippen LogP contribution in [0.5, 0.6) is 0 Å². The van der Waals surface area contributed by atoms with Crippen molar-refractivity contribution in [3.63, 3.8) is 0 Å². The summed E-state index contributed by atoms with van der Waals surface area (Å²) >= 11 is 3.38. The van der Waals surface area contributed by atoms with Crippen molar-refractivity contribution in [2.45, 2.75) is 33.4 Å². The van der Waals surface area contributed by atoms with Crippen molar-refractivity contribution in [1.82, 2.24) is 15.6 Å². The van der Waals surface area contributed by atoms with Crippen LogP contribution in [-0.2, 0) is 6.54 Å². The maximum atomic E-state index is 4.33. The molecule has 1 atom stereocenters. The fraction of sp³-hybridized carbons (Fsp3) is 0.615. The number of halogens is 1. The van der Waals surface area contributed by atoms with E-state index in [9.17, 15) is 0 Å². The quantitative estimate of drug-likeness (QED) is 0.812. The zero-order chi connectivity index (χ0) is 12.7. The molecule has 0 saturated heterocycles. The third-order valence-corrected chi connectivity index (χ3v) is 2.89. The second kappa shape index (κ2) is 7.80. The van der Waals surface area contributed by atoms with Crippen molar-refractivity contribution >= 4 is 15.9 Å². The molecular weight excluding hydrogens is 278 g/mol. The summed E-state index contributed by atoms with van der Waals surface area (Å²) in [6, 6.07) is 4.51. The number of nitrogens with zero attached hydrogens (tertiary/aromatic N) is 1. The molecule has 0 aliphatic heterocycles. The summed E-state index contributed by atoms with van der Waals surface area (Å²) < 4.78 is 1.02. The minimum absolute atomic E-state index is 0.458. The average molecular weight is 300 g/mol. The van der Waals surface area contributed by atoms with E-state index in [4.69, 9.17) is 0 Å². The van der Waals surface area contributed by atoms with Crippen LogP contribution in [0.4, 0.5) is 0 Å². The highest BCUT2D eigenvalue weighted by atomic mass is 79.9. The van der Waals surface area contributed by atoms with Gasteiger partial charge in [0.2, 0.25) is 0 Å². The molecule has 0 saturated carbocycles. The summed E-state index contributed by atoms with van der Waals surface area (Å²) in [6.45, 7) is 9.51. The molecule has 3 nitrogen and oxygen atoms in total. The zero-order valence-corrected chi connectivity index (χ0v) is 12.4. The Balaban J connectivity index is 2.19. The van der Waals surface area contributed by atoms with Crippen molar-refractivity contribution in [1.29, 1.82) is 0 Å². The maximum absolute atomic E-state index is 4.33. The largest absolute Gasteiger partial charge is 0.315 e.